The Morgan fingerprint density at radius 2 is 2.33 bits per heavy atom. The molecule has 1 rings (SSSR count). The topological polar surface area (TPSA) is 57.6 Å². The predicted octanol–water partition coefficient (Wildman–Crippen LogP) is 0.597. The standard InChI is InChI=1S/C8H11NO3/c1-2-6(8(11)12)9-5-3-4-7(9)10/h2H,3-5H2,1H3,(H,11,12)/b6-2-. The Kier molecular flexibility index (Phi) is 2.47. The van der Waals surface area contributed by atoms with Crippen LogP contribution in [0.5, 0.6) is 0 Å². The van der Waals surface area contributed by atoms with E-state index >= 15 is 0 Å². The lowest BCUT2D eigenvalue weighted by Crippen LogP contribution is -2.28. The molecular weight excluding hydrogens is 158 g/mol. The van der Waals surface area contributed by atoms with Crippen molar-refractivity contribution in [3.05, 3.63) is 11.8 Å². The normalized spacial score (nSPS) is 18.6. The quantitative estimate of drug-likeness (QED) is 0.616. The summed E-state index contributed by atoms with van der Waals surface area (Å²) in [5, 5.41) is 8.69. The van der Waals surface area contributed by atoms with Crippen molar-refractivity contribution in [2.45, 2.75) is 19.8 Å². The maximum atomic E-state index is 11.1. The molecule has 0 aliphatic carbocycles. The fraction of sp³-hybridized carbons (Fsp3) is 0.500. The Labute approximate surface area is 70.5 Å². The number of hydrogen-bond donors (Lipinski definition) is 1. The van der Waals surface area contributed by atoms with Gasteiger partial charge in [0.2, 0.25) is 5.91 Å². The van der Waals surface area contributed by atoms with Gasteiger partial charge in [-0.2, -0.15) is 0 Å². The van der Waals surface area contributed by atoms with E-state index in [0.717, 1.165) is 6.42 Å². The van der Waals surface area contributed by atoms with Gasteiger partial charge in [0.25, 0.3) is 0 Å². The molecule has 1 heterocycles. The molecule has 1 N–H and O–H groups in total. The third kappa shape index (κ3) is 1.47. The molecule has 12 heavy (non-hydrogen) atoms. The van der Waals surface area contributed by atoms with E-state index in [1.807, 2.05) is 0 Å². The van der Waals surface area contributed by atoms with E-state index in [1.165, 1.54) is 11.0 Å². The van der Waals surface area contributed by atoms with Gasteiger partial charge in [0.1, 0.15) is 5.70 Å². The average Bonchev–Trinajstić information content (AvgIpc) is 2.38. The fourth-order valence-electron chi connectivity index (χ4n) is 1.30. The number of carboxylic acid groups (broad SMARTS) is 1. The van der Waals surface area contributed by atoms with Gasteiger partial charge in [0, 0.05) is 13.0 Å². The minimum absolute atomic E-state index is 0.0921. The molecule has 66 valence electrons. The number of carboxylic acids is 1. The zero-order valence-corrected chi connectivity index (χ0v) is 6.91. The highest BCUT2D eigenvalue weighted by Gasteiger charge is 2.26. The summed E-state index contributed by atoms with van der Waals surface area (Å²) in [6.45, 7) is 2.15. The van der Waals surface area contributed by atoms with E-state index < -0.39 is 5.97 Å². The molecule has 1 fully saturated rings. The monoisotopic (exact) mass is 169 g/mol. The zero-order chi connectivity index (χ0) is 9.14. The number of amides is 1. The van der Waals surface area contributed by atoms with Crippen molar-refractivity contribution < 1.29 is 14.7 Å². The second kappa shape index (κ2) is 3.38. The van der Waals surface area contributed by atoms with E-state index in [2.05, 4.69) is 0 Å². The van der Waals surface area contributed by atoms with Crippen LogP contribution in [-0.2, 0) is 9.59 Å². The third-order valence-corrected chi connectivity index (χ3v) is 1.86. The lowest BCUT2D eigenvalue weighted by molar-refractivity contribution is -0.138. The van der Waals surface area contributed by atoms with Crippen LogP contribution in [0.1, 0.15) is 19.8 Å². The molecule has 0 spiro atoms. The summed E-state index contributed by atoms with van der Waals surface area (Å²) in [7, 11) is 0. The van der Waals surface area contributed by atoms with Crippen molar-refractivity contribution in [2.24, 2.45) is 0 Å². The average molecular weight is 169 g/mol. The molecule has 1 saturated heterocycles. The van der Waals surface area contributed by atoms with E-state index in [0.29, 0.717) is 13.0 Å². The van der Waals surface area contributed by atoms with Gasteiger partial charge >= 0.3 is 5.97 Å². The van der Waals surface area contributed by atoms with E-state index in [9.17, 15) is 9.59 Å². The van der Waals surface area contributed by atoms with Crippen molar-refractivity contribution in [1.82, 2.24) is 4.90 Å². The Hall–Kier alpha value is -1.32. The first-order valence-corrected chi connectivity index (χ1v) is 3.86. The van der Waals surface area contributed by atoms with Gasteiger partial charge in [0.15, 0.2) is 0 Å². The molecule has 0 saturated carbocycles. The van der Waals surface area contributed by atoms with Crippen LogP contribution in [0.15, 0.2) is 11.8 Å². The summed E-state index contributed by atoms with van der Waals surface area (Å²) < 4.78 is 0. The van der Waals surface area contributed by atoms with Gasteiger partial charge in [-0.05, 0) is 13.3 Å². The number of nitrogens with zero attached hydrogens (tertiary/aromatic N) is 1. The van der Waals surface area contributed by atoms with E-state index in [-0.39, 0.29) is 11.6 Å². The van der Waals surface area contributed by atoms with Gasteiger partial charge < -0.3 is 10.0 Å². The van der Waals surface area contributed by atoms with Crippen LogP contribution in [0.25, 0.3) is 0 Å². The maximum Gasteiger partial charge on any atom is 0.352 e. The highest BCUT2D eigenvalue weighted by Crippen LogP contribution is 2.15. The SMILES string of the molecule is C/C=C(/C(=O)O)N1CCCC1=O. The Morgan fingerprint density at radius 3 is 2.67 bits per heavy atom. The smallest absolute Gasteiger partial charge is 0.352 e. The summed E-state index contributed by atoms with van der Waals surface area (Å²) in [4.78, 5) is 23.0. The van der Waals surface area contributed by atoms with Gasteiger partial charge in [0.05, 0.1) is 0 Å². The second-order valence-corrected chi connectivity index (χ2v) is 2.63. The molecule has 4 nitrogen and oxygen atoms in total. The van der Waals surface area contributed by atoms with Crippen LogP contribution in [-0.4, -0.2) is 28.4 Å². The largest absolute Gasteiger partial charge is 0.477 e. The lowest BCUT2D eigenvalue weighted by atomic mass is 10.3. The number of hydrogen-bond acceptors (Lipinski definition) is 2. The molecule has 0 bridgehead atoms. The van der Waals surface area contributed by atoms with Crippen molar-refractivity contribution in [1.29, 1.82) is 0 Å². The first-order valence-electron chi connectivity index (χ1n) is 3.86. The van der Waals surface area contributed by atoms with Gasteiger partial charge in [-0.15, -0.1) is 0 Å². The summed E-state index contributed by atoms with van der Waals surface area (Å²) in [6, 6.07) is 0. The molecule has 0 aromatic heterocycles. The summed E-state index contributed by atoms with van der Waals surface area (Å²) in [5.41, 5.74) is 0.0949. The number of aliphatic carboxylic acids is 1. The number of carbonyl (C=O) groups is 2. The van der Waals surface area contributed by atoms with Crippen molar-refractivity contribution >= 4 is 11.9 Å². The Bertz CT molecular complexity index is 245. The molecule has 0 radical (unpaired) electrons. The lowest BCUT2D eigenvalue weighted by Gasteiger charge is -2.14. The summed E-state index contributed by atoms with van der Waals surface area (Å²) in [6.07, 6.45) is 2.67. The van der Waals surface area contributed by atoms with Crippen LogP contribution in [0.2, 0.25) is 0 Å². The van der Waals surface area contributed by atoms with Crippen LogP contribution in [0.4, 0.5) is 0 Å². The fourth-order valence-corrected chi connectivity index (χ4v) is 1.30. The highest BCUT2D eigenvalue weighted by molar-refractivity contribution is 5.93. The molecule has 1 aliphatic heterocycles. The Balaban J connectivity index is 2.80. The zero-order valence-electron chi connectivity index (χ0n) is 6.91. The maximum absolute atomic E-state index is 11.1. The second-order valence-electron chi connectivity index (χ2n) is 2.63. The first kappa shape index (κ1) is 8.77. The van der Waals surface area contributed by atoms with Gasteiger partial charge in [-0.3, -0.25) is 4.79 Å². The van der Waals surface area contributed by atoms with Crippen molar-refractivity contribution in [2.75, 3.05) is 6.54 Å². The number of carbonyl (C=O) groups excluding carboxylic acids is 1. The molecule has 0 atom stereocenters. The highest BCUT2D eigenvalue weighted by atomic mass is 16.4. The number of likely N-dealkylation sites (tertiary alicyclic amines) is 1. The minimum Gasteiger partial charge on any atom is -0.477 e. The van der Waals surface area contributed by atoms with E-state index in [4.69, 9.17) is 5.11 Å². The molecule has 0 unspecified atom stereocenters. The first-order chi connectivity index (χ1) is 5.66. The van der Waals surface area contributed by atoms with E-state index in [1.54, 1.807) is 6.92 Å². The predicted molar refractivity (Wildman–Crippen MR) is 42.3 cm³/mol. The summed E-state index contributed by atoms with van der Waals surface area (Å²) >= 11 is 0. The molecule has 0 aromatic rings. The van der Waals surface area contributed by atoms with Crippen LogP contribution in [0, 0.1) is 0 Å². The van der Waals surface area contributed by atoms with Gasteiger partial charge in [-0.25, -0.2) is 4.79 Å². The van der Waals surface area contributed by atoms with Crippen molar-refractivity contribution in [3.63, 3.8) is 0 Å². The van der Waals surface area contributed by atoms with Gasteiger partial charge in [-0.1, -0.05) is 6.08 Å². The molecular formula is C8H11NO3. The molecule has 1 aliphatic rings. The minimum atomic E-state index is -1.03. The number of allylic oxidation sites excluding steroid dienone is 1. The van der Waals surface area contributed by atoms with Crippen LogP contribution < -0.4 is 0 Å². The molecule has 4 heteroatoms. The molecule has 0 aromatic carbocycles. The molecule has 1 amide bonds. The van der Waals surface area contributed by atoms with Crippen molar-refractivity contribution in [3.8, 4) is 0 Å². The number of rotatable bonds is 2. The van der Waals surface area contributed by atoms with Crippen LogP contribution in [0.3, 0.4) is 0 Å². The Morgan fingerprint density at radius 1 is 1.67 bits per heavy atom. The van der Waals surface area contributed by atoms with Crippen LogP contribution >= 0.6 is 0 Å². The summed E-state index contributed by atoms with van der Waals surface area (Å²) in [5.74, 6) is -1.13. The third-order valence-electron chi connectivity index (χ3n) is 1.86.